The van der Waals surface area contributed by atoms with Gasteiger partial charge < -0.3 is 10.1 Å². The van der Waals surface area contributed by atoms with E-state index in [1.54, 1.807) is 19.1 Å². The molecule has 0 saturated heterocycles. The molecule has 0 aliphatic heterocycles. The molecule has 0 heterocycles. The summed E-state index contributed by atoms with van der Waals surface area (Å²) in [6.07, 6.45) is 0. The van der Waals surface area contributed by atoms with Crippen molar-refractivity contribution in [3.05, 3.63) is 64.2 Å². The Balaban J connectivity index is 1.95. The standard InChI is InChI=1S/C17H16ClF2NO2/c1-10-3-6-14(18)16(7-10)23-9-17(22)21-11(2)13-5-4-12(19)8-15(13)20/h3-8,11H,9H2,1-2H3,(H,21,22)/t11-/m0/s1. The molecule has 2 rings (SSSR count). The van der Waals surface area contributed by atoms with E-state index in [-0.39, 0.29) is 12.2 Å². The van der Waals surface area contributed by atoms with Crippen molar-refractivity contribution < 1.29 is 18.3 Å². The zero-order valence-electron chi connectivity index (χ0n) is 12.7. The Bertz CT molecular complexity index is 722. The number of aryl methyl sites for hydroxylation is 1. The Labute approximate surface area is 138 Å². The average Bonchev–Trinajstić information content (AvgIpc) is 2.48. The van der Waals surface area contributed by atoms with E-state index < -0.39 is 23.6 Å². The van der Waals surface area contributed by atoms with Gasteiger partial charge in [0.25, 0.3) is 5.91 Å². The molecule has 3 nitrogen and oxygen atoms in total. The number of hydrogen-bond donors (Lipinski definition) is 1. The second kappa shape index (κ2) is 7.42. The van der Waals surface area contributed by atoms with Crippen molar-refractivity contribution >= 4 is 17.5 Å². The van der Waals surface area contributed by atoms with E-state index >= 15 is 0 Å². The molecule has 1 atom stereocenters. The third-order valence-corrected chi connectivity index (χ3v) is 3.56. The minimum atomic E-state index is -0.708. The van der Waals surface area contributed by atoms with Gasteiger partial charge in [-0.3, -0.25) is 4.79 Å². The van der Waals surface area contributed by atoms with Crippen molar-refractivity contribution in [2.45, 2.75) is 19.9 Å². The Hall–Kier alpha value is -2.14. The van der Waals surface area contributed by atoms with Crippen LogP contribution in [0.3, 0.4) is 0 Å². The third-order valence-electron chi connectivity index (χ3n) is 3.25. The maximum Gasteiger partial charge on any atom is 0.258 e. The van der Waals surface area contributed by atoms with Gasteiger partial charge in [0.05, 0.1) is 11.1 Å². The molecule has 2 aromatic carbocycles. The highest BCUT2D eigenvalue weighted by molar-refractivity contribution is 6.32. The maximum atomic E-state index is 13.7. The van der Waals surface area contributed by atoms with Crippen LogP contribution in [0.4, 0.5) is 8.78 Å². The number of ether oxygens (including phenoxy) is 1. The molecule has 0 aromatic heterocycles. The number of rotatable bonds is 5. The molecule has 0 aliphatic rings. The summed E-state index contributed by atoms with van der Waals surface area (Å²) in [5.41, 5.74) is 1.15. The summed E-state index contributed by atoms with van der Waals surface area (Å²) in [6.45, 7) is 3.23. The van der Waals surface area contributed by atoms with Gasteiger partial charge in [0.15, 0.2) is 6.61 Å². The number of amides is 1. The van der Waals surface area contributed by atoms with Gasteiger partial charge in [0.1, 0.15) is 17.4 Å². The predicted octanol–water partition coefficient (Wildman–Crippen LogP) is 4.18. The van der Waals surface area contributed by atoms with E-state index in [0.717, 1.165) is 17.7 Å². The molecule has 0 spiro atoms. The summed E-state index contributed by atoms with van der Waals surface area (Å²) < 4.78 is 31.9. The molecule has 122 valence electrons. The van der Waals surface area contributed by atoms with Crippen molar-refractivity contribution in [3.63, 3.8) is 0 Å². The Kier molecular flexibility index (Phi) is 5.55. The largest absolute Gasteiger partial charge is 0.482 e. The van der Waals surface area contributed by atoms with Crippen LogP contribution in [0.25, 0.3) is 0 Å². The van der Waals surface area contributed by atoms with Gasteiger partial charge in [-0.1, -0.05) is 23.7 Å². The van der Waals surface area contributed by atoms with Gasteiger partial charge in [-0.05, 0) is 37.6 Å². The average molecular weight is 340 g/mol. The van der Waals surface area contributed by atoms with Gasteiger partial charge in [-0.15, -0.1) is 0 Å². The first-order chi connectivity index (χ1) is 10.9. The van der Waals surface area contributed by atoms with E-state index in [0.29, 0.717) is 10.8 Å². The van der Waals surface area contributed by atoms with E-state index in [2.05, 4.69) is 5.32 Å². The van der Waals surface area contributed by atoms with Crippen molar-refractivity contribution in [1.82, 2.24) is 5.32 Å². The topological polar surface area (TPSA) is 38.3 Å². The number of benzene rings is 2. The Morgan fingerprint density at radius 1 is 1.26 bits per heavy atom. The molecular weight excluding hydrogens is 324 g/mol. The first-order valence-electron chi connectivity index (χ1n) is 7.00. The highest BCUT2D eigenvalue weighted by Gasteiger charge is 2.15. The second-order valence-corrected chi connectivity index (χ2v) is 5.58. The first-order valence-corrected chi connectivity index (χ1v) is 7.38. The maximum absolute atomic E-state index is 13.7. The molecule has 6 heteroatoms. The quantitative estimate of drug-likeness (QED) is 0.887. The summed E-state index contributed by atoms with van der Waals surface area (Å²) in [6, 6.07) is 7.84. The lowest BCUT2D eigenvalue weighted by molar-refractivity contribution is -0.123. The second-order valence-electron chi connectivity index (χ2n) is 5.18. The van der Waals surface area contributed by atoms with Gasteiger partial charge in [-0.2, -0.15) is 0 Å². The van der Waals surface area contributed by atoms with Crippen molar-refractivity contribution in [2.24, 2.45) is 0 Å². The molecule has 1 amide bonds. The van der Waals surface area contributed by atoms with Crippen molar-refractivity contribution in [2.75, 3.05) is 6.61 Å². The molecule has 0 saturated carbocycles. The molecule has 1 N–H and O–H groups in total. The zero-order valence-corrected chi connectivity index (χ0v) is 13.5. The van der Waals surface area contributed by atoms with Gasteiger partial charge in [0.2, 0.25) is 0 Å². The van der Waals surface area contributed by atoms with Gasteiger partial charge >= 0.3 is 0 Å². The van der Waals surface area contributed by atoms with Crippen LogP contribution >= 0.6 is 11.6 Å². The molecule has 0 bridgehead atoms. The lowest BCUT2D eigenvalue weighted by atomic mass is 10.1. The lowest BCUT2D eigenvalue weighted by Gasteiger charge is -2.16. The summed E-state index contributed by atoms with van der Waals surface area (Å²) in [4.78, 5) is 11.9. The van der Waals surface area contributed by atoms with E-state index in [4.69, 9.17) is 16.3 Å². The Morgan fingerprint density at radius 3 is 2.70 bits per heavy atom. The smallest absolute Gasteiger partial charge is 0.258 e. The van der Waals surface area contributed by atoms with Crippen LogP contribution < -0.4 is 10.1 Å². The number of carbonyl (C=O) groups is 1. The number of nitrogens with one attached hydrogen (secondary N) is 1. The zero-order chi connectivity index (χ0) is 17.0. The first kappa shape index (κ1) is 17.2. The third kappa shape index (κ3) is 4.66. The van der Waals surface area contributed by atoms with Crippen LogP contribution in [-0.2, 0) is 4.79 Å². The summed E-state index contributed by atoms with van der Waals surface area (Å²) in [5, 5.41) is 3.00. The van der Waals surface area contributed by atoms with E-state index in [9.17, 15) is 13.6 Å². The summed E-state index contributed by atoms with van der Waals surface area (Å²) >= 11 is 5.98. The van der Waals surface area contributed by atoms with E-state index in [1.165, 1.54) is 6.07 Å². The molecule has 0 fully saturated rings. The van der Waals surface area contributed by atoms with Crippen LogP contribution in [0.5, 0.6) is 5.75 Å². The Morgan fingerprint density at radius 2 is 2.00 bits per heavy atom. The van der Waals surface area contributed by atoms with Crippen molar-refractivity contribution in [3.8, 4) is 5.75 Å². The number of carbonyl (C=O) groups excluding carboxylic acids is 1. The van der Waals surface area contributed by atoms with E-state index in [1.807, 2.05) is 13.0 Å². The minimum absolute atomic E-state index is 0.202. The predicted molar refractivity (Wildman–Crippen MR) is 84.6 cm³/mol. The van der Waals surface area contributed by atoms with Crippen LogP contribution in [0.1, 0.15) is 24.1 Å². The SMILES string of the molecule is Cc1ccc(Cl)c(OCC(=O)N[C@@H](C)c2ccc(F)cc2F)c1. The summed E-state index contributed by atoms with van der Waals surface area (Å²) in [5.74, 6) is -1.40. The van der Waals surface area contributed by atoms with Gasteiger partial charge in [0, 0.05) is 11.6 Å². The number of hydrogen-bond acceptors (Lipinski definition) is 2. The molecule has 0 radical (unpaired) electrons. The van der Waals surface area contributed by atoms with Crippen LogP contribution in [0.2, 0.25) is 5.02 Å². The minimum Gasteiger partial charge on any atom is -0.482 e. The highest BCUT2D eigenvalue weighted by Crippen LogP contribution is 2.25. The molecular formula is C17H16ClF2NO2. The monoisotopic (exact) mass is 339 g/mol. The van der Waals surface area contributed by atoms with Crippen molar-refractivity contribution in [1.29, 1.82) is 0 Å². The van der Waals surface area contributed by atoms with Gasteiger partial charge in [-0.25, -0.2) is 8.78 Å². The summed E-state index contributed by atoms with van der Waals surface area (Å²) in [7, 11) is 0. The molecule has 2 aromatic rings. The highest BCUT2D eigenvalue weighted by atomic mass is 35.5. The lowest BCUT2D eigenvalue weighted by Crippen LogP contribution is -2.31. The number of halogens is 3. The molecule has 0 aliphatic carbocycles. The van der Waals surface area contributed by atoms with Crippen LogP contribution in [0.15, 0.2) is 36.4 Å². The fourth-order valence-electron chi connectivity index (χ4n) is 2.08. The normalized spacial score (nSPS) is 11.9. The molecule has 23 heavy (non-hydrogen) atoms. The molecule has 0 unspecified atom stereocenters. The van der Waals surface area contributed by atoms with Crippen LogP contribution in [-0.4, -0.2) is 12.5 Å². The fraction of sp³-hybridized carbons (Fsp3) is 0.235. The van der Waals surface area contributed by atoms with Crippen LogP contribution in [0, 0.1) is 18.6 Å². The fourth-order valence-corrected chi connectivity index (χ4v) is 2.25.